The first-order valence-corrected chi connectivity index (χ1v) is 7.21. The number of likely N-dealkylation sites (tertiary alicyclic amines) is 1. The second kappa shape index (κ2) is 6.08. The highest BCUT2D eigenvalue weighted by Crippen LogP contribution is 2.21. The van der Waals surface area contributed by atoms with Gasteiger partial charge in [0.1, 0.15) is 5.82 Å². The van der Waals surface area contributed by atoms with Gasteiger partial charge >= 0.3 is 0 Å². The summed E-state index contributed by atoms with van der Waals surface area (Å²) in [5, 5.41) is 0. The average Bonchev–Trinajstić information content (AvgIpc) is 2.27. The summed E-state index contributed by atoms with van der Waals surface area (Å²) in [6, 6.07) is 5.00. The smallest absolute Gasteiger partial charge is 0.124 e. The molecule has 0 aliphatic carbocycles. The standard InChI is InChI=1S/C13H16BrFN2S/c14-11-4-9(5-12(15)6-11)7-17-3-1-2-10(8-17)13(16)18/h4-6,10H,1-3,7-8H2,(H2,16,18). The van der Waals surface area contributed by atoms with Crippen LogP contribution in [0.4, 0.5) is 4.39 Å². The lowest BCUT2D eigenvalue weighted by atomic mass is 9.97. The lowest BCUT2D eigenvalue weighted by molar-refractivity contribution is 0.197. The number of halogens is 2. The van der Waals surface area contributed by atoms with Crippen LogP contribution in [0.3, 0.4) is 0 Å². The zero-order valence-electron chi connectivity index (χ0n) is 10.0. The number of thiocarbonyl (C=S) groups is 1. The highest BCUT2D eigenvalue weighted by Gasteiger charge is 2.21. The molecule has 1 atom stereocenters. The molecular weight excluding hydrogens is 315 g/mol. The number of hydrogen-bond donors (Lipinski definition) is 1. The zero-order chi connectivity index (χ0) is 13.1. The van der Waals surface area contributed by atoms with Gasteiger partial charge in [-0.3, -0.25) is 4.90 Å². The third kappa shape index (κ3) is 3.73. The molecule has 2 rings (SSSR count). The van der Waals surface area contributed by atoms with Crippen LogP contribution in [0.5, 0.6) is 0 Å². The van der Waals surface area contributed by atoms with Crippen LogP contribution < -0.4 is 5.73 Å². The Balaban J connectivity index is 2.02. The van der Waals surface area contributed by atoms with Crippen molar-refractivity contribution in [3.05, 3.63) is 34.1 Å². The van der Waals surface area contributed by atoms with E-state index < -0.39 is 0 Å². The Hall–Kier alpha value is -0.520. The number of hydrogen-bond acceptors (Lipinski definition) is 2. The summed E-state index contributed by atoms with van der Waals surface area (Å²) in [6.07, 6.45) is 2.16. The predicted molar refractivity (Wildman–Crippen MR) is 78.9 cm³/mol. The molecule has 0 radical (unpaired) electrons. The van der Waals surface area contributed by atoms with E-state index in [4.69, 9.17) is 18.0 Å². The van der Waals surface area contributed by atoms with Crippen LogP contribution in [-0.4, -0.2) is 23.0 Å². The first-order chi connectivity index (χ1) is 8.54. The first-order valence-electron chi connectivity index (χ1n) is 6.01. The highest BCUT2D eigenvalue weighted by molar-refractivity contribution is 9.10. The fraction of sp³-hybridized carbons (Fsp3) is 0.462. The third-order valence-electron chi connectivity index (χ3n) is 3.24. The Bertz CT molecular complexity index is 432. The van der Waals surface area contributed by atoms with Gasteiger partial charge in [-0.05, 0) is 43.1 Å². The molecule has 1 fully saturated rings. The Kier molecular flexibility index (Phi) is 4.70. The summed E-state index contributed by atoms with van der Waals surface area (Å²) < 4.78 is 14.1. The molecule has 1 aliphatic rings. The van der Waals surface area contributed by atoms with E-state index in [0.717, 1.165) is 42.5 Å². The fourth-order valence-corrected chi connectivity index (χ4v) is 3.10. The van der Waals surface area contributed by atoms with Gasteiger partial charge in [0.25, 0.3) is 0 Å². The molecule has 0 saturated carbocycles. The van der Waals surface area contributed by atoms with Gasteiger partial charge in [-0.25, -0.2) is 4.39 Å². The maximum atomic E-state index is 13.3. The SMILES string of the molecule is NC(=S)C1CCCN(Cc2cc(F)cc(Br)c2)C1. The van der Waals surface area contributed by atoms with Crippen LogP contribution in [0.25, 0.3) is 0 Å². The number of benzene rings is 1. The van der Waals surface area contributed by atoms with E-state index in [0.29, 0.717) is 10.9 Å². The number of piperidine rings is 1. The zero-order valence-corrected chi connectivity index (χ0v) is 12.4. The van der Waals surface area contributed by atoms with Crippen molar-refractivity contribution in [1.29, 1.82) is 0 Å². The molecule has 1 unspecified atom stereocenters. The molecule has 1 aliphatic heterocycles. The van der Waals surface area contributed by atoms with Crippen molar-refractivity contribution in [1.82, 2.24) is 4.90 Å². The molecule has 0 amide bonds. The summed E-state index contributed by atoms with van der Waals surface area (Å²) in [5.74, 6) is 0.0908. The molecule has 0 spiro atoms. The van der Waals surface area contributed by atoms with Crippen LogP contribution >= 0.6 is 28.1 Å². The van der Waals surface area contributed by atoms with Crippen molar-refractivity contribution in [2.75, 3.05) is 13.1 Å². The molecule has 1 heterocycles. The topological polar surface area (TPSA) is 29.3 Å². The molecule has 1 aromatic carbocycles. The van der Waals surface area contributed by atoms with E-state index in [1.54, 1.807) is 6.07 Å². The Labute approximate surface area is 120 Å². The number of nitrogens with two attached hydrogens (primary N) is 1. The lowest BCUT2D eigenvalue weighted by Crippen LogP contribution is -2.40. The molecule has 98 valence electrons. The van der Waals surface area contributed by atoms with E-state index in [1.807, 2.05) is 6.07 Å². The number of rotatable bonds is 3. The van der Waals surface area contributed by atoms with Gasteiger partial charge in [0.2, 0.25) is 0 Å². The maximum Gasteiger partial charge on any atom is 0.124 e. The van der Waals surface area contributed by atoms with Gasteiger partial charge in [-0.2, -0.15) is 0 Å². The molecule has 18 heavy (non-hydrogen) atoms. The minimum Gasteiger partial charge on any atom is -0.393 e. The Morgan fingerprint density at radius 1 is 1.50 bits per heavy atom. The quantitative estimate of drug-likeness (QED) is 0.863. The van der Waals surface area contributed by atoms with Crippen molar-refractivity contribution in [2.45, 2.75) is 19.4 Å². The second-order valence-corrected chi connectivity index (χ2v) is 6.14. The molecule has 1 saturated heterocycles. The van der Waals surface area contributed by atoms with Gasteiger partial charge in [0.05, 0.1) is 4.99 Å². The van der Waals surface area contributed by atoms with Crippen LogP contribution in [-0.2, 0) is 6.54 Å². The molecule has 2 nitrogen and oxygen atoms in total. The van der Waals surface area contributed by atoms with Crippen molar-refractivity contribution in [2.24, 2.45) is 11.7 Å². The Morgan fingerprint density at radius 2 is 2.28 bits per heavy atom. The monoisotopic (exact) mass is 330 g/mol. The highest BCUT2D eigenvalue weighted by atomic mass is 79.9. The molecule has 0 bridgehead atoms. The molecular formula is C13H16BrFN2S. The van der Waals surface area contributed by atoms with E-state index >= 15 is 0 Å². The summed E-state index contributed by atoms with van der Waals surface area (Å²) in [4.78, 5) is 2.88. The maximum absolute atomic E-state index is 13.3. The van der Waals surface area contributed by atoms with Crippen molar-refractivity contribution < 1.29 is 4.39 Å². The summed E-state index contributed by atoms with van der Waals surface area (Å²) >= 11 is 8.37. The van der Waals surface area contributed by atoms with Crippen LogP contribution in [0.2, 0.25) is 0 Å². The lowest BCUT2D eigenvalue weighted by Gasteiger charge is -2.32. The second-order valence-electron chi connectivity index (χ2n) is 4.75. The minimum atomic E-state index is -0.206. The van der Waals surface area contributed by atoms with Gasteiger partial charge < -0.3 is 5.73 Å². The van der Waals surface area contributed by atoms with Gasteiger partial charge in [0.15, 0.2) is 0 Å². The molecule has 2 N–H and O–H groups in total. The van der Waals surface area contributed by atoms with Crippen LogP contribution in [0.1, 0.15) is 18.4 Å². The van der Waals surface area contributed by atoms with Gasteiger partial charge in [-0.15, -0.1) is 0 Å². The van der Waals surface area contributed by atoms with Gasteiger partial charge in [0, 0.05) is 23.5 Å². The van der Waals surface area contributed by atoms with Crippen LogP contribution in [0, 0.1) is 11.7 Å². The minimum absolute atomic E-state index is 0.206. The first kappa shape index (κ1) is 13.9. The summed E-state index contributed by atoms with van der Waals surface area (Å²) in [6.45, 7) is 2.65. The van der Waals surface area contributed by atoms with E-state index in [9.17, 15) is 4.39 Å². The number of nitrogens with zero attached hydrogens (tertiary/aromatic N) is 1. The van der Waals surface area contributed by atoms with E-state index in [-0.39, 0.29) is 5.82 Å². The summed E-state index contributed by atoms with van der Waals surface area (Å²) in [7, 11) is 0. The predicted octanol–water partition coefficient (Wildman–Crippen LogP) is 3.09. The van der Waals surface area contributed by atoms with E-state index in [1.165, 1.54) is 6.07 Å². The fourth-order valence-electron chi connectivity index (χ4n) is 2.39. The summed E-state index contributed by atoms with van der Waals surface area (Å²) in [5.41, 5.74) is 6.69. The average molecular weight is 331 g/mol. The van der Waals surface area contributed by atoms with Crippen LogP contribution in [0.15, 0.2) is 22.7 Å². The largest absolute Gasteiger partial charge is 0.393 e. The normalized spacial score (nSPS) is 20.9. The van der Waals surface area contributed by atoms with Crippen molar-refractivity contribution in [3.8, 4) is 0 Å². The third-order valence-corrected chi connectivity index (χ3v) is 4.03. The van der Waals surface area contributed by atoms with Crippen molar-refractivity contribution >= 4 is 33.1 Å². The van der Waals surface area contributed by atoms with E-state index in [2.05, 4.69) is 20.8 Å². The molecule has 0 aromatic heterocycles. The van der Waals surface area contributed by atoms with Crippen molar-refractivity contribution in [3.63, 3.8) is 0 Å². The Morgan fingerprint density at radius 3 is 2.94 bits per heavy atom. The molecule has 5 heteroatoms. The molecule has 1 aromatic rings. The van der Waals surface area contributed by atoms with Gasteiger partial charge in [-0.1, -0.05) is 28.1 Å².